The Morgan fingerprint density at radius 1 is 1.09 bits per heavy atom. The fraction of sp³-hybridized carbons (Fsp3) is 0.381. The number of likely N-dealkylation sites (tertiary alicyclic amines) is 1. The first kappa shape index (κ1) is 23.8. The third-order valence-corrected chi connectivity index (χ3v) is 7.30. The molecule has 3 heterocycles. The summed E-state index contributed by atoms with van der Waals surface area (Å²) in [5, 5.41) is 6.12. The maximum atomic E-state index is 12.7. The van der Waals surface area contributed by atoms with Crippen LogP contribution in [0.4, 0.5) is 0 Å². The van der Waals surface area contributed by atoms with E-state index < -0.39 is 15.9 Å². The molecular formula is C21H20BrCl3N4O2S. The summed E-state index contributed by atoms with van der Waals surface area (Å²) in [6.45, 7) is 1.97. The van der Waals surface area contributed by atoms with E-state index in [1.54, 1.807) is 36.4 Å². The van der Waals surface area contributed by atoms with Crippen molar-refractivity contribution in [2.75, 3.05) is 13.1 Å². The number of carbonyl (C=O) groups excluding carboxylic acids is 1. The Morgan fingerprint density at radius 2 is 1.81 bits per heavy atom. The molecule has 1 saturated heterocycles. The summed E-state index contributed by atoms with van der Waals surface area (Å²) in [5.41, 5.74) is 1.47. The predicted molar refractivity (Wildman–Crippen MR) is 135 cm³/mol. The number of hydrogen-bond acceptors (Lipinski definition) is 3. The summed E-state index contributed by atoms with van der Waals surface area (Å²) in [6.07, 6.45) is -0.0376. The molecule has 2 aliphatic rings. The normalized spacial score (nSPS) is 20.8. The fourth-order valence-corrected chi connectivity index (χ4v) is 5.15. The minimum Gasteiger partial charge on any atom is -0.348 e. The van der Waals surface area contributed by atoms with Crippen LogP contribution in [0.3, 0.4) is 0 Å². The number of nitrogens with zero attached hydrogens (tertiary/aromatic N) is 2. The van der Waals surface area contributed by atoms with Crippen LogP contribution >= 0.6 is 63.0 Å². The molecule has 1 amide bonds. The Labute approximate surface area is 214 Å². The van der Waals surface area contributed by atoms with E-state index in [-0.39, 0.29) is 17.4 Å². The summed E-state index contributed by atoms with van der Waals surface area (Å²) in [5.74, 6) is 0.0670. The number of piperidine rings is 1. The second-order valence-corrected chi connectivity index (χ2v) is 11.7. The van der Waals surface area contributed by atoms with Crippen molar-refractivity contribution in [2.45, 2.75) is 28.8 Å². The molecule has 170 valence electrons. The van der Waals surface area contributed by atoms with Crippen molar-refractivity contribution in [3.63, 3.8) is 0 Å². The van der Waals surface area contributed by atoms with Crippen LogP contribution in [-0.2, 0) is 6.54 Å². The molecule has 32 heavy (non-hydrogen) atoms. The molecule has 2 aliphatic heterocycles. The van der Waals surface area contributed by atoms with Crippen LogP contribution in [-0.4, -0.2) is 43.5 Å². The van der Waals surface area contributed by atoms with E-state index in [9.17, 15) is 9.59 Å². The number of aromatic nitrogens is 1. The van der Waals surface area contributed by atoms with Crippen molar-refractivity contribution < 1.29 is 4.79 Å². The third kappa shape index (κ3) is 5.25. The molecule has 11 heteroatoms. The summed E-state index contributed by atoms with van der Waals surface area (Å²) >= 11 is 27.4. The van der Waals surface area contributed by atoms with Gasteiger partial charge in [0.25, 0.3) is 11.5 Å². The zero-order chi connectivity index (χ0) is 23.0. The van der Waals surface area contributed by atoms with E-state index in [4.69, 9.17) is 47.0 Å². The first-order chi connectivity index (χ1) is 15.1. The molecule has 2 N–H and O–H groups in total. The van der Waals surface area contributed by atoms with E-state index in [2.05, 4.69) is 26.6 Å². The van der Waals surface area contributed by atoms with Gasteiger partial charge >= 0.3 is 0 Å². The Morgan fingerprint density at radius 3 is 2.50 bits per heavy atom. The first-order valence-electron chi connectivity index (χ1n) is 10.00. The molecule has 0 unspecified atom stereocenters. The number of pyridine rings is 1. The van der Waals surface area contributed by atoms with Crippen molar-refractivity contribution >= 4 is 74.0 Å². The van der Waals surface area contributed by atoms with Gasteiger partial charge in [0.15, 0.2) is 5.11 Å². The smallest absolute Gasteiger partial charge is 0.252 e. The zero-order valence-electron chi connectivity index (χ0n) is 16.7. The lowest BCUT2D eigenvalue weighted by molar-refractivity contribution is 0.0932. The van der Waals surface area contributed by atoms with Gasteiger partial charge in [-0.15, -0.1) is 0 Å². The third-order valence-electron chi connectivity index (χ3n) is 5.74. The lowest BCUT2D eigenvalue weighted by Crippen LogP contribution is -2.60. The molecule has 3 atom stereocenters. The van der Waals surface area contributed by atoms with Gasteiger partial charge in [0.2, 0.25) is 3.79 Å². The van der Waals surface area contributed by atoms with Crippen molar-refractivity contribution in [2.24, 2.45) is 5.92 Å². The Kier molecular flexibility index (Phi) is 7.08. The molecule has 1 aromatic carbocycles. The molecule has 6 nitrogen and oxygen atoms in total. The lowest BCUT2D eigenvalue weighted by atomic mass is 9.83. The van der Waals surface area contributed by atoms with Crippen molar-refractivity contribution in [1.29, 1.82) is 0 Å². The minimum absolute atomic E-state index is 0.0262. The van der Waals surface area contributed by atoms with Crippen LogP contribution < -0.4 is 16.2 Å². The quantitative estimate of drug-likeness (QED) is 0.327. The number of hydrogen-bond donors (Lipinski definition) is 2. The summed E-state index contributed by atoms with van der Waals surface area (Å²) in [6, 6.07) is 12.2. The van der Waals surface area contributed by atoms with Gasteiger partial charge in [-0.05, 0) is 54.9 Å². The highest BCUT2D eigenvalue weighted by Crippen LogP contribution is 2.35. The van der Waals surface area contributed by atoms with Crippen molar-refractivity contribution in [3.05, 3.63) is 68.5 Å². The maximum Gasteiger partial charge on any atom is 0.252 e. The van der Waals surface area contributed by atoms with Gasteiger partial charge in [0, 0.05) is 47.3 Å². The Balaban J connectivity index is 1.47. The average Bonchev–Trinajstić information content (AvgIpc) is 2.73. The topological polar surface area (TPSA) is 66.4 Å². The van der Waals surface area contributed by atoms with Crippen LogP contribution in [0.25, 0.3) is 0 Å². The number of carbonyl (C=O) groups is 1. The van der Waals surface area contributed by atoms with Gasteiger partial charge in [-0.3, -0.25) is 9.59 Å². The second kappa shape index (κ2) is 9.50. The molecule has 0 radical (unpaired) electrons. The second-order valence-electron chi connectivity index (χ2n) is 8.01. The summed E-state index contributed by atoms with van der Waals surface area (Å²) in [4.78, 5) is 26.9. The molecule has 0 aliphatic carbocycles. The monoisotopic (exact) mass is 576 g/mol. The number of alkyl halides is 3. The standard InChI is InChI=1S/C21H20BrCl3N4O2S/c22-15-6-4-13(5-7-15)18(31)26-19(21(23,24)25)27-20(32)28-9-12-8-14(11-28)16-2-1-3-17(30)29(16)10-12/h1-7,12,14,19H,8-11H2,(H,26,31)(H,27,32)/t12-,14-,19+/m1/s1. The van der Waals surface area contributed by atoms with Crippen LogP contribution in [0.1, 0.15) is 28.4 Å². The van der Waals surface area contributed by atoms with E-state index in [0.29, 0.717) is 30.3 Å². The van der Waals surface area contributed by atoms with E-state index >= 15 is 0 Å². The van der Waals surface area contributed by atoms with Gasteiger partial charge in [0.05, 0.1) is 0 Å². The maximum absolute atomic E-state index is 12.7. The summed E-state index contributed by atoms with van der Waals surface area (Å²) in [7, 11) is 0. The van der Waals surface area contributed by atoms with Gasteiger partial charge in [-0.25, -0.2) is 0 Å². The Bertz CT molecular complexity index is 1090. The molecule has 2 bridgehead atoms. The fourth-order valence-electron chi connectivity index (χ4n) is 4.29. The number of nitrogens with one attached hydrogen (secondary N) is 2. The minimum atomic E-state index is -1.83. The molecule has 2 aromatic rings. The first-order valence-corrected chi connectivity index (χ1v) is 12.3. The molecule has 1 aromatic heterocycles. The largest absolute Gasteiger partial charge is 0.348 e. The van der Waals surface area contributed by atoms with Crippen LogP contribution in [0.2, 0.25) is 0 Å². The van der Waals surface area contributed by atoms with E-state index in [0.717, 1.165) is 16.6 Å². The van der Waals surface area contributed by atoms with Gasteiger partial charge in [-0.2, -0.15) is 0 Å². The van der Waals surface area contributed by atoms with E-state index in [1.807, 2.05) is 15.5 Å². The number of amides is 1. The van der Waals surface area contributed by atoms with Crippen molar-refractivity contribution in [3.8, 4) is 0 Å². The molecule has 1 fully saturated rings. The molecular weight excluding hydrogens is 559 g/mol. The SMILES string of the molecule is O=C(N[C@@H](NC(=S)N1C[C@H]2C[C@H](C1)c1cccc(=O)n1C2)C(Cl)(Cl)Cl)c1ccc(Br)cc1. The summed E-state index contributed by atoms with van der Waals surface area (Å²) < 4.78 is 0.876. The van der Waals surface area contributed by atoms with Crippen molar-refractivity contribution in [1.82, 2.24) is 20.1 Å². The van der Waals surface area contributed by atoms with Gasteiger partial charge in [-0.1, -0.05) is 56.8 Å². The predicted octanol–water partition coefficient (Wildman–Crippen LogP) is 4.03. The number of benzene rings is 1. The molecule has 0 spiro atoms. The number of halogens is 4. The molecule has 4 rings (SSSR count). The highest BCUT2D eigenvalue weighted by atomic mass is 79.9. The highest BCUT2D eigenvalue weighted by Gasteiger charge is 2.39. The van der Waals surface area contributed by atoms with E-state index in [1.165, 1.54) is 0 Å². The number of rotatable bonds is 3. The highest BCUT2D eigenvalue weighted by molar-refractivity contribution is 9.10. The lowest BCUT2D eigenvalue weighted by Gasteiger charge is -2.44. The molecule has 0 saturated carbocycles. The van der Waals surface area contributed by atoms with Crippen LogP contribution in [0.15, 0.2) is 51.7 Å². The average molecular weight is 579 g/mol. The zero-order valence-corrected chi connectivity index (χ0v) is 21.4. The van der Waals surface area contributed by atoms with Crippen LogP contribution in [0, 0.1) is 5.92 Å². The number of fused-ring (bicyclic) bond motifs is 4. The van der Waals surface area contributed by atoms with Crippen LogP contribution in [0.5, 0.6) is 0 Å². The Hall–Kier alpha value is -1.32. The van der Waals surface area contributed by atoms with Gasteiger partial charge < -0.3 is 20.1 Å². The van der Waals surface area contributed by atoms with Gasteiger partial charge in [0.1, 0.15) is 6.17 Å². The number of thiocarbonyl (C=S) groups is 1.